The minimum atomic E-state index is 0.0188. The van der Waals surface area contributed by atoms with Crippen molar-refractivity contribution >= 4 is 28.6 Å². The Kier molecular flexibility index (Phi) is 2.38. The number of carbonyl (C=O) groups excluding carboxylic acids is 1. The van der Waals surface area contributed by atoms with Crippen molar-refractivity contribution in [3.63, 3.8) is 0 Å². The van der Waals surface area contributed by atoms with E-state index in [2.05, 4.69) is 28.7 Å². The zero-order valence-electron chi connectivity index (χ0n) is 8.12. The maximum absolute atomic E-state index is 11.6. The van der Waals surface area contributed by atoms with Gasteiger partial charge in [0.05, 0.1) is 5.70 Å². The second-order valence-electron chi connectivity index (χ2n) is 3.45. The molecule has 0 spiro atoms. The van der Waals surface area contributed by atoms with Crippen LogP contribution in [-0.4, -0.2) is 29.9 Å². The number of rotatable bonds is 0. The number of amides is 2. The maximum Gasteiger partial charge on any atom is 0.327 e. The SMILES string of the molecule is CN1C=C2CC(I)=CC=C2N(C)C1=O. The zero-order valence-corrected chi connectivity index (χ0v) is 10.3. The van der Waals surface area contributed by atoms with E-state index in [9.17, 15) is 4.79 Å². The van der Waals surface area contributed by atoms with E-state index in [-0.39, 0.29) is 6.03 Å². The van der Waals surface area contributed by atoms with Crippen LogP contribution in [0.15, 0.2) is 33.2 Å². The molecule has 0 fully saturated rings. The summed E-state index contributed by atoms with van der Waals surface area (Å²) in [7, 11) is 3.59. The van der Waals surface area contributed by atoms with Gasteiger partial charge < -0.3 is 4.90 Å². The lowest BCUT2D eigenvalue weighted by Gasteiger charge is -2.33. The molecule has 2 rings (SSSR count). The fourth-order valence-electron chi connectivity index (χ4n) is 1.68. The van der Waals surface area contributed by atoms with Gasteiger partial charge in [0, 0.05) is 26.7 Å². The Morgan fingerprint density at radius 1 is 1.36 bits per heavy atom. The molecule has 0 saturated heterocycles. The number of urea groups is 1. The third kappa shape index (κ3) is 1.47. The molecule has 4 heteroatoms. The zero-order chi connectivity index (χ0) is 10.3. The standard InChI is InChI=1S/C10H11IN2O/c1-12-6-7-5-8(11)3-4-9(7)13(2)10(12)14/h3-4,6H,5H2,1-2H3. The van der Waals surface area contributed by atoms with Gasteiger partial charge in [-0.05, 0) is 37.8 Å². The third-order valence-corrected chi connectivity index (χ3v) is 3.15. The molecule has 2 amide bonds. The van der Waals surface area contributed by atoms with E-state index in [0.29, 0.717) is 0 Å². The van der Waals surface area contributed by atoms with Crippen LogP contribution in [0.3, 0.4) is 0 Å². The fourth-order valence-corrected chi connectivity index (χ4v) is 2.27. The lowest BCUT2D eigenvalue weighted by Crippen LogP contribution is -2.40. The molecule has 0 N–H and O–H groups in total. The molecule has 0 bridgehead atoms. The van der Waals surface area contributed by atoms with Gasteiger partial charge in [-0.1, -0.05) is 6.08 Å². The van der Waals surface area contributed by atoms with Crippen LogP contribution in [0, 0.1) is 0 Å². The topological polar surface area (TPSA) is 23.6 Å². The van der Waals surface area contributed by atoms with Crippen molar-refractivity contribution in [2.75, 3.05) is 14.1 Å². The molecule has 0 aromatic rings. The highest BCUT2D eigenvalue weighted by molar-refractivity contribution is 14.1. The lowest BCUT2D eigenvalue weighted by molar-refractivity contribution is 0.194. The van der Waals surface area contributed by atoms with E-state index in [0.717, 1.165) is 12.1 Å². The third-order valence-electron chi connectivity index (χ3n) is 2.41. The summed E-state index contributed by atoms with van der Waals surface area (Å²) >= 11 is 2.32. The number of allylic oxidation sites excluding steroid dienone is 4. The normalized spacial score (nSPS) is 21.4. The highest BCUT2D eigenvalue weighted by Gasteiger charge is 2.26. The van der Waals surface area contributed by atoms with Crippen LogP contribution in [0.1, 0.15) is 6.42 Å². The minimum absolute atomic E-state index is 0.0188. The highest BCUT2D eigenvalue weighted by atomic mass is 127. The van der Waals surface area contributed by atoms with Crippen LogP contribution in [0.4, 0.5) is 4.79 Å². The van der Waals surface area contributed by atoms with Gasteiger partial charge in [-0.3, -0.25) is 4.90 Å². The van der Waals surface area contributed by atoms with E-state index in [1.165, 1.54) is 9.15 Å². The monoisotopic (exact) mass is 302 g/mol. The van der Waals surface area contributed by atoms with Crippen LogP contribution < -0.4 is 0 Å². The van der Waals surface area contributed by atoms with Crippen molar-refractivity contribution in [1.29, 1.82) is 0 Å². The van der Waals surface area contributed by atoms with Gasteiger partial charge in [-0.2, -0.15) is 0 Å². The first kappa shape index (κ1) is 9.76. The maximum atomic E-state index is 11.6. The number of fused-ring (bicyclic) bond motifs is 1. The minimum Gasteiger partial charge on any atom is -0.303 e. The van der Waals surface area contributed by atoms with E-state index in [1.807, 2.05) is 19.3 Å². The first-order valence-electron chi connectivity index (χ1n) is 4.37. The molecule has 1 aliphatic heterocycles. The quantitative estimate of drug-likeness (QED) is 0.631. The molecule has 2 aliphatic rings. The molecule has 3 nitrogen and oxygen atoms in total. The van der Waals surface area contributed by atoms with Crippen LogP contribution in [0.5, 0.6) is 0 Å². The van der Waals surface area contributed by atoms with Gasteiger partial charge in [-0.25, -0.2) is 4.79 Å². The first-order valence-corrected chi connectivity index (χ1v) is 5.45. The summed E-state index contributed by atoms with van der Waals surface area (Å²) in [6.07, 6.45) is 6.90. The summed E-state index contributed by atoms with van der Waals surface area (Å²) in [5.74, 6) is 0. The average molecular weight is 302 g/mol. The van der Waals surface area contributed by atoms with Crippen LogP contribution in [-0.2, 0) is 0 Å². The smallest absolute Gasteiger partial charge is 0.303 e. The molecule has 0 atom stereocenters. The predicted octanol–water partition coefficient (Wildman–Crippen LogP) is 2.47. The summed E-state index contributed by atoms with van der Waals surface area (Å²) in [5, 5.41) is 0. The second kappa shape index (κ2) is 3.42. The number of carbonyl (C=O) groups is 1. The number of hydrogen-bond donors (Lipinski definition) is 0. The van der Waals surface area contributed by atoms with E-state index < -0.39 is 0 Å². The highest BCUT2D eigenvalue weighted by Crippen LogP contribution is 2.32. The van der Waals surface area contributed by atoms with Gasteiger partial charge in [0.15, 0.2) is 0 Å². The molecule has 1 heterocycles. The first-order chi connectivity index (χ1) is 6.59. The van der Waals surface area contributed by atoms with Crippen molar-refractivity contribution in [3.05, 3.63) is 33.2 Å². The molecule has 0 aromatic carbocycles. The van der Waals surface area contributed by atoms with E-state index >= 15 is 0 Å². The van der Waals surface area contributed by atoms with Crippen LogP contribution >= 0.6 is 22.6 Å². The summed E-state index contributed by atoms with van der Waals surface area (Å²) < 4.78 is 1.30. The van der Waals surface area contributed by atoms with Crippen molar-refractivity contribution in [1.82, 2.24) is 9.80 Å². The number of hydrogen-bond acceptors (Lipinski definition) is 1. The molecule has 1 aliphatic carbocycles. The predicted molar refractivity (Wildman–Crippen MR) is 63.8 cm³/mol. The lowest BCUT2D eigenvalue weighted by atomic mass is 10.0. The van der Waals surface area contributed by atoms with Gasteiger partial charge in [0.25, 0.3) is 0 Å². The second-order valence-corrected chi connectivity index (χ2v) is 4.83. The van der Waals surface area contributed by atoms with E-state index in [1.54, 1.807) is 16.8 Å². The Morgan fingerprint density at radius 2 is 2.07 bits per heavy atom. The molecular formula is C10H11IN2O. The van der Waals surface area contributed by atoms with Crippen molar-refractivity contribution in [3.8, 4) is 0 Å². The van der Waals surface area contributed by atoms with Gasteiger partial charge in [-0.15, -0.1) is 0 Å². The number of likely N-dealkylation sites (N-methyl/N-ethyl adjacent to an activating group) is 1. The number of nitrogens with zero attached hydrogens (tertiary/aromatic N) is 2. The van der Waals surface area contributed by atoms with Crippen molar-refractivity contribution in [2.45, 2.75) is 6.42 Å². The number of halogens is 1. The molecule has 0 aromatic heterocycles. The van der Waals surface area contributed by atoms with Crippen molar-refractivity contribution < 1.29 is 4.79 Å². The molecular weight excluding hydrogens is 291 g/mol. The molecule has 0 unspecified atom stereocenters. The van der Waals surface area contributed by atoms with Gasteiger partial charge in [0.2, 0.25) is 0 Å². The molecule has 0 radical (unpaired) electrons. The summed E-state index contributed by atoms with van der Waals surface area (Å²) in [6, 6.07) is 0.0188. The Balaban J connectivity index is 2.45. The summed E-state index contributed by atoms with van der Waals surface area (Å²) in [6.45, 7) is 0. The largest absolute Gasteiger partial charge is 0.327 e. The Labute approximate surface area is 96.9 Å². The fraction of sp³-hybridized carbons (Fsp3) is 0.300. The summed E-state index contributed by atoms with van der Waals surface area (Å²) in [4.78, 5) is 14.9. The van der Waals surface area contributed by atoms with Crippen LogP contribution in [0.25, 0.3) is 0 Å². The Morgan fingerprint density at radius 3 is 2.79 bits per heavy atom. The Hall–Kier alpha value is -0.780. The van der Waals surface area contributed by atoms with Crippen LogP contribution in [0.2, 0.25) is 0 Å². The van der Waals surface area contributed by atoms with Crippen molar-refractivity contribution in [2.24, 2.45) is 0 Å². The van der Waals surface area contributed by atoms with E-state index in [4.69, 9.17) is 0 Å². The van der Waals surface area contributed by atoms with Gasteiger partial charge in [0.1, 0.15) is 0 Å². The van der Waals surface area contributed by atoms with Gasteiger partial charge >= 0.3 is 6.03 Å². The Bertz CT molecular complexity index is 382. The summed E-state index contributed by atoms with van der Waals surface area (Å²) in [5.41, 5.74) is 2.23. The molecule has 74 valence electrons. The average Bonchev–Trinajstić information content (AvgIpc) is 2.14. The molecule has 14 heavy (non-hydrogen) atoms. The molecule has 0 saturated carbocycles.